The van der Waals surface area contributed by atoms with Crippen LogP contribution in [0.5, 0.6) is 0 Å². The van der Waals surface area contributed by atoms with Crippen LogP contribution in [0.1, 0.15) is 37.7 Å². The van der Waals surface area contributed by atoms with Crippen molar-refractivity contribution in [1.29, 1.82) is 0 Å². The van der Waals surface area contributed by atoms with Crippen LogP contribution in [0.15, 0.2) is 35.9 Å². The largest absolute Gasteiger partial charge is 0.375 e. The lowest BCUT2D eigenvalue weighted by molar-refractivity contribution is 0.274. The standard InChI is InChI=1S/C18H18O/c19-18-14-10-5-3-1-2-4-9-13-17(18)15-16-11-7-6-8-12-16/h6-8,11-12,15,18-19H,1-5H2. The monoisotopic (exact) mass is 250 g/mol. The van der Waals surface area contributed by atoms with Gasteiger partial charge in [-0.25, -0.2) is 0 Å². The van der Waals surface area contributed by atoms with Gasteiger partial charge in [-0.1, -0.05) is 54.5 Å². The summed E-state index contributed by atoms with van der Waals surface area (Å²) in [6.07, 6.45) is 6.27. The van der Waals surface area contributed by atoms with Gasteiger partial charge < -0.3 is 5.11 Å². The van der Waals surface area contributed by atoms with E-state index in [2.05, 4.69) is 23.7 Å². The number of benzene rings is 1. The van der Waals surface area contributed by atoms with E-state index in [0.29, 0.717) is 5.57 Å². The minimum Gasteiger partial charge on any atom is -0.375 e. The predicted molar refractivity (Wildman–Crippen MR) is 79.1 cm³/mol. The lowest BCUT2D eigenvalue weighted by Crippen LogP contribution is -2.05. The Bertz CT molecular complexity index is 546. The van der Waals surface area contributed by atoms with E-state index in [4.69, 9.17) is 0 Å². The van der Waals surface area contributed by atoms with Crippen molar-refractivity contribution in [3.8, 4) is 23.7 Å². The molecule has 0 amide bonds. The van der Waals surface area contributed by atoms with E-state index in [-0.39, 0.29) is 0 Å². The highest BCUT2D eigenvalue weighted by Gasteiger charge is 2.05. The first-order chi connectivity index (χ1) is 9.36. The Labute approximate surface area is 115 Å². The molecule has 1 aromatic rings. The van der Waals surface area contributed by atoms with Crippen molar-refractivity contribution in [3.05, 3.63) is 41.5 Å². The van der Waals surface area contributed by atoms with Gasteiger partial charge in [0, 0.05) is 18.4 Å². The van der Waals surface area contributed by atoms with Crippen LogP contribution in [0.25, 0.3) is 6.08 Å². The van der Waals surface area contributed by atoms with Crippen molar-refractivity contribution in [1.82, 2.24) is 0 Å². The fourth-order valence-corrected chi connectivity index (χ4v) is 1.93. The zero-order chi connectivity index (χ0) is 13.3. The maximum absolute atomic E-state index is 10.1. The lowest BCUT2D eigenvalue weighted by Gasteiger charge is -2.03. The van der Waals surface area contributed by atoms with E-state index >= 15 is 0 Å². The smallest absolute Gasteiger partial charge is 0.147 e. The molecule has 1 nitrogen and oxygen atoms in total. The van der Waals surface area contributed by atoms with Crippen LogP contribution in [-0.4, -0.2) is 11.2 Å². The summed E-state index contributed by atoms with van der Waals surface area (Å²) < 4.78 is 0. The van der Waals surface area contributed by atoms with Crippen LogP contribution in [-0.2, 0) is 0 Å². The Morgan fingerprint density at radius 1 is 1.00 bits per heavy atom. The molecule has 1 aliphatic carbocycles. The number of hydrogen-bond acceptors (Lipinski definition) is 1. The van der Waals surface area contributed by atoms with Gasteiger partial charge in [0.1, 0.15) is 6.10 Å². The zero-order valence-corrected chi connectivity index (χ0v) is 11.0. The molecule has 19 heavy (non-hydrogen) atoms. The van der Waals surface area contributed by atoms with Crippen LogP contribution in [0.2, 0.25) is 0 Å². The fraction of sp³-hybridized carbons (Fsp3) is 0.333. The second-order valence-corrected chi connectivity index (χ2v) is 4.60. The van der Waals surface area contributed by atoms with E-state index in [0.717, 1.165) is 37.7 Å². The second kappa shape index (κ2) is 7.47. The Kier molecular flexibility index (Phi) is 5.30. The van der Waals surface area contributed by atoms with Crippen LogP contribution < -0.4 is 0 Å². The van der Waals surface area contributed by atoms with Gasteiger partial charge in [-0.2, -0.15) is 0 Å². The maximum Gasteiger partial charge on any atom is 0.147 e. The highest BCUT2D eigenvalue weighted by atomic mass is 16.3. The van der Waals surface area contributed by atoms with Gasteiger partial charge in [0.05, 0.1) is 0 Å². The summed E-state index contributed by atoms with van der Waals surface area (Å²) in [6.45, 7) is 0. The number of rotatable bonds is 1. The summed E-state index contributed by atoms with van der Waals surface area (Å²) in [7, 11) is 0. The van der Waals surface area contributed by atoms with Gasteiger partial charge in [0.25, 0.3) is 0 Å². The van der Waals surface area contributed by atoms with E-state index in [9.17, 15) is 5.11 Å². The Morgan fingerprint density at radius 2 is 1.74 bits per heavy atom. The molecule has 0 saturated carbocycles. The molecule has 0 radical (unpaired) electrons. The van der Waals surface area contributed by atoms with Gasteiger partial charge in [-0.15, -0.1) is 5.92 Å². The summed E-state index contributed by atoms with van der Waals surface area (Å²) in [5, 5.41) is 10.1. The van der Waals surface area contributed by atoms with E-state index in [1.165, 1.54) is 0 Å². The number of aliphatic hydroxyl groups excluding tert-OH is 1. The number of aliphatic hydroxyl groups is 1. The molecule has 0 bridgehead atoms. The molecule has 1 unspecified atom stereocenters. The highest BCUT2D eigenvalue weighted by molar-refractivity contribution is 5.60. The molecule has 0 heterocycles. The summed E-state index contributed by atoms with van der Waals surface area (Å²) in [5.41, 5.74) is 1.74. The van der Waals surface area contributed by atoms with Crippen LogP contribution in [0, 0.1) is 23.7 Å². The molecule has 1 N–H and O–H groups in total. The molecule has 0 aliphatic heterocycles. The normalized spacial score (nSPS) is 21.5. The summed E-state index contributed by atoms with van der Waals surface area (Å²) in [4.78, 5) is 0. The molecule has 0 saturated heterocycles. The predicted octanol–water partition coefficient (Wildman–Crippen LogP) is 3.40. The molecule has 0 fully saturated rings. The Hall–Kier alpha value is -1.96. The maximum atomic E-state index is 10.1. The van der Waals surface area contributed by atoms with Crippen LogP contribution in [0.3, 0.4) is 0 Å². The molecule has 2 rings (SSSR count). The first-order valence-electron chi connectivity index (χ1n) is 6.78. The average molecular weight is 250 g/mol. The molecular formula is C18H18O. The topological polar surface area (TPSA) is 20.2 Å². The van der Waals surface area contributed by atoms with Crippen molar-refractivity contribution in [3.63, 3.8) is 0 Å². The minimum atomic E-state index is -0.772. The lowest BCUT2D eigenvalue weighted by atomic mass is 10.1. The van der Waals surface area contributed by atoms with Crippen molar-refractivity contribution >= 4 is 6.08 Å². The SMILES string of the molecule is OC1C#CCCCCCC#CC1=Cc1ccccc1. The molecule has 0 spiro atoms. The molecular weight excluding hydrogens is 232 g/mol. The molecule has 96 valence electrons. The van der Waals surface area contributed by atoms with Gasteiger partial charge in [-0.3, -0.25) is 0 Å². The Balaban J connectivity index is 2.27. The highest BCUT2D eigenvalue weighted by Crippen LogP contribution is 2.11. The molecule has 1 heteroatoms. The third-order valence-electron chi connectivity index (χ3n) is 2.99. The zero-order valence-electron chi connectivity index (χ0n) is 11.0. The molecule has 1 aliphatic rings. The number of hydrogen-bond donors (Lipinski definition) is 1. The fourth-order valence-electron chi connectivity index (χ4n) is 1.93. The summed E-state index contributed by atoms with van der Waals surface area (Å²) in [5.74, 6) is 12.1. The van der Waals surface area contributed by atoms with Crippen molar-refractivity contribution < 1.29 is 5.11 Å². The first-order valence-corrected chi connectivity index (χ1v) is 6.78. The van der Waals surface area contributed by atoms with Crippen LogP contribution >= 0.6 is 0 Å². The third kappa shape index (κ3) is 4.66. The van der Waals surface area contributed by atoms with Gasteiger partial charge in [0.2, 0.25) is 0 Å². The van der Waals surface area contributed by atoms with Crippen molar-refractivity contribution in [2.75, 3.05) is 0 Å². The molecule has 0 aromatic heterocycles. The first kappa shape index (κ1) is 13.5. The van der Waals surface area contributed by atoms with Gasteiger partial charge in [0.15, 0.2) is 0 Å². The van der Waals surface area contributed by atoms with Crippen LogP contribution in [0.4, 0.5) is 0 Å². The molecule has 1 atom stereocenters. The van der Waals surface area contributed by atoms with Crippen molar-refractivity contribution in [2.45, 2.75) is 38.2 Å². The minimum absolute atomic E-state index is 0.695. The summed E-state index contributed by atoms with van der Waals surface area (Å²) >= 11 is 0. The van der Waals surface area contributed by atoms with Gasteiger partial charge in [-0.05, 0) is 24.5 Å². The van der Waals surface area contributed by atoms with E-state index in [1.807, 2.05) is 36.4 Å². The summed E-state index contributed by atoms with van der Waals surface area (Å²) in [6, 6.07) is 9.92. The average Bonchev–Trinajstić information content (AvgIpc) is 2.48. The van der Waals surface area contributed by atoms with E-state index < -0.39 is 6.10 Å². The second-order valence-electron chi connectivity index (χ2n) is 4.60. The quantitative estimate of drug-likeness (QED) is 0.757. The Morgan fingerprint density at radius 3 is 2.53 bits per heavy atom. The van der Waals surface area contributed by atoms with Gasteiger partial charge >= 0.3 is 0 Å². The van der Waals surface area contributed by atoms with E-state index in [1.54, 1.807) is 0 Å². The molecule has 1 aromatic carbocycles. The third-order valence-corrected chi connectivity index (χ3v) is 2.99. The van der Waals surface area contributed by atoms with Crippen molar-refractivity contribution in [2.24, 2.45) is 0 Å².